The van der Waals surface area contributed by atoms with E-state index in [2.05, 4.69) is 5.32 Å². The van der Waals surface area contributed by atoms with Gasteiger partial charge in [-0.15, -0.1) is 0 Å². The van der Waals surface area contributed by atoms with E-state index in [4.69, 9.17) is 11.6 Å². The van der Waals surface area contributed by atoms with Gasteiger partial charge in [-0.2, -0.15) is 0 Å². The lowest BCUT2D eigenvalue weighted by Crippen LogP contribution is -2.36. The van der Waals surface area contributed by atoms with Gasteiger partial charge in [0.2, 0.25) is 5.91 Å². The minimum Gasteiger partial charge on any atom is -0.374 e. The highest BCUT2D eigenvalue weighted by Gasteiger charge is 2.15. The molecule has 88 valence electrons. The first-order chi connectivity index (χ1) is 7.43. The monoisotopic (exact) mass is 240 g/mol. The highest BCUT2D eigenvalue weighted by atomic mass is 35.5. The molecule has 4 heteroatoms. The van der Waals surface area contributed by atoms with Crippen molar-refractivity contribution in [2.24, 2.45) is 0 Å². The number of nitrogens with zero attached hydrogens (tertiary/aromatic N) is 1. The Bertz CT molecular complexity index is 391. The smallest absolute Gasteiger partial charge is 0.244 e. The molecule has 1 aromatic carbocycles. The maximum atomic E-state index is 11.7. The third-order valence-corrected chi connectivity index (χ3v) is 2.86. The molecule has 1 rings (SSSR count). The molecule has 0 bridgehead atoms. The first-order valence-corrected chi connectivity index (χ1v) is 5.54. The summed E-state index contributed by atoms with van der Waals surface area (Å²) in [6.07, 6.45) is 0. The van der Waals surface area contributed by atoms with Crippen molar-refractivity contribution in [3.8, 4) is 0 Å². The average Bonchev–Trinajstić information content (AvgIpc) is 2.23. The maximum Gasteiger partial charge on any atom is 0.244 e. The molecule has 0 aliphatic heterocycles. The van der Waals surface area contributed by atoms with Gasteiger partial charge < -0.3 is 10.2 Å². The van der Waals surface area contributed by atoms with Crippen molar-refractivity contribution >= 4 is 23.2 Å². The second kappa shape index (κ2) is 5.21. The molecular weight excluding hydrogens is 224 g/mol. The molecule has 1 unspecified atom stereocenters. The Balaban J connectivity index is 2.81. The number of carbonyl (C=O) groups excluding carboxylic acids is 1. The van der Waals surface area contributed by atoms with Crippen molar-refractivity contribution in [3.63, 3.8) is 0 Å². The SMILES string of the molecule is Cc1c(Cl)cccc1NC(C)C(=O)N(C)C. The highest BCUT2D eigenvalue weighted by Crippen LogP contribution is 2.23. The minimum absolute atomic E-state index is 0.0411. The Morgan fingerprint density at radius 1 is 1.44 bits per heavy atom. The van der Waals surface area contributed by atoms with Gasteiger partial charge in [0.25, 0.3) is 0 Å². The summed E-state index contributed by atoms with van der Waals surface area (Å²) in [6, 6.07) is 5.36. The molecule has 0 spiro atoms. The zero-order chi connectivity index (χ0) is 12.3. The predicted molar refractivity (Wildman–Crippen MR) is 68.0 cm³/mol. The number of benzene rings is 1. The van der Waals surface area contributed by atoms with Crippen LogP contribution in [0, 0.1) is 6.92 Å². The summed E-state index contributed by atoms with van der Waals surface area (Å²) in [5.74, 6) is 0.0411. The maximum absolute atomic E-state index is 11.7. The van der Waals surface area contributed by atoms with Gasteiger partial charge in [-0.05, 0) is 31.5 Å². The van der Waals surface area contributed by atoms with E-state index >= 15 is 0 Å². The molecule has 1 aromatic rings. The van der Waals surface area contributed by atoms with Crippen molar-refractivity contribution in [1.82, 2.24) is 4.90 Å². The summed E-state index contributed by atoms with van der Waals surface area (Å²) in [7, 11) is 3.48. The van der Waals surface area contributed by atoms with E-state index in [0.29, 0.717) is 5.02 Å². The van der Waals surface area contributed by atoms with Crippen molar-refractivity contribution in [2.75, 3.05) is 19.4 Å². The fraction of sp³-hybridized carbons (Fsp3) is 0.417. The van der Waals surface area contributed by atoms with Crippen LogP contribution in [0.5, 0.6) is 0 Å². The number of anilines is 1. The minimum atomic E-state index is -0.257. The molecule has 1 atom stereocenters. The van der Waals surface area contributed by atoms with Gasteiger partial charge in [0.05, 0.1) is 0 Å². The van der Waals surface area contributed by atoms with Crippen molar-refractivity contribution in [1.29, 1.82) is 0 Å². The number of nitrogens with one attached hydrogen (secondary N) is 1. The van der Waals surface area contributed by atoms with Gasteiger partial charge in [0, 0.05) is 24.8 Å². The van der Waals surface area contributed by atoms with Crippen LogP contribution in [0.2, 0.25) is 5.02 Å². The van der Waals surface area contributed by atoms with Gasteiger partial charge in [-0.25, -0.2) is 0 Å². The fourth-order valence-electron chi connectivity index (χ4n) is 1.45. The van der Waals surface area contributed by atoms with Crippen LogP contribution in [-0.2, 0) is 4.79 Å². The van der Waals surface area contributed by atoms with Gasteiger partial charge in [0.15, 0.2) is 0 Å². The molecule has 3 nitrogen and oxygen atoms in total. The van der Waals surface area contributed by atoms with Crippen LogP contribution in [0.25, 0.3) is 0 Å². The second-order valence-corrected chi connectivity index (χ2v) is 4.42. The number of hydrogen-bond acceptors (Lipinski definition) is 2. The van der Waals surface area contributed by atoms with Crippen molar-refractivity contribution in [2.45, 2.75) is 19.9 Å². The first-order valence-electron chi connectivity index (χ1n) is 5.16. The lowest BCUT2D eigenvalue weighted by atomic mass is 10.1. The van der Waals surface area contributed by atoms with E-state index in [-0.39, 0.29) is 11.9 Å². The molecule has 0 aliphatic carbocycles. The molecule has 1 N–H and O–H groups in total. The number of halogens is 1. The summed E-state index contributed by atoms with van der Waals surface area (Å²) in [6.45, 7) is 3.76. The zero-order valence-electron chi connectivity index (χ0n) is 10.0. The van der Waals surface area contributed by atoms with Crippen LogP contribution < -0.4 is 5.32 Å². The Labute approximate surface area is 101 Å². The quantitative estimate of drug-likeness (QED) is 0.881. The molecule has 0 saturated carbocycles. The molecule has 0 saturated heterocycles. The van der Waals surface area contributed by atoms with Gasteiger partial charge >= 0.3 is 0 Å². The van der Waals surface area contributed by atoms with Crippen LogP contribution in [0.4, 0.5) is 5.69 Å². The number of amides is 1. The normalized spacial score (nSPS) is 12.1. The summed E-state index contributed by atoms with van der Waals surface area (Å²) in [5, 5.41) is 3.86. The molecule has 16 heavy (non-hydrogen) atoms. The van der Waals surface area contributed by atoms with Gasteiger partial charge in [0.1, 0.15) is 6.04 Å². The predicted octanol–water partition coefficient (Wildman–Crippen LogP) is 2.54. The van der Waals surface area contributed by atoms with E-state index < -0.39 is 0 Å². The molecule has 0 aliphatic rings. The first kappa shape index (κ1) is 12.8. The van der Waals surface area contributed by atoms with Crippen molar-refractivity contribution < 1.29 is 4.79 Å². The van der Waals surface area contributed by atoms with Crippen LogP contribution >= 0.6 is 11.6 Å². The van der Waals surface area contributed by atoms with E-state index in [1.165, 1.54) is 0 Å². The summed E-state index contributed by atoms with van der Waals surface area (Å²) in [4.78, 5) is 13.2. The van der Waals surface area contributed by atoms with Crippen LogP contribution in [0.3, 0.4) is 0 Å². The molecular formula is C12H17ClN2O. The third kappa shape index (κ3) is 2.89. The number of hydrogen-bond donors (Lipinski definition) is 1. The second-order valence-electron chi connectivity index (χ2n) is 4.01. The largest absolute Gasteiger partial charge is 0.374 e. The average molecular weight is 241 g/mol. The standard InChI is InChI=1S/C12H17ClN2O/c1-8-10(13)6-5-7-11(8)14-9(2)12(16)15(3)4/h5-7,9,14H,1-4H3. The van der Waals surface area contributed by atoms with E-state index in [1.54, 1.807) is 19.0 Å². The Morgan fingerprint density at radius 2 is 2.06 bits per heavy atom. The van der Waals surface area contributed by atoms with E-state index in [1.807, 2.05) is 32.0 Å². The van der Waals surface area contributed by atoms with E-state index in [0.717, 1.165) is 11.3 Å². The number of likely N-dealkylation sites (N-methyl/N-ethyl adjacent to an activating group) is 1. The van der Waals surface area contributed by atoms with E-state index in [9.17, 15) is 4.79 Å². The molecule has 0 aromatic heterocycles. The van der Waals surface area contributed by atoms with Crippen LogP contribution in [0.15, 0.2) is 18.2 Å². The summed E-state index contributed by atoms with van der Waals surface area (Å²) in [5.41, 5.74) is 1.86. The van der Waals surface area contributed by atoms with Crippen molar-refractivity contribution in [3.05, 3.63) is 28.8 Å². The van der Waals surface area contributed by atoms with Crippen LogP contribution in [0.1, 0.15) is 12.5 Å². The molecule has 0 radical (unpaired) electrons. The number of rotatable bonds is 3. The van der Waals surface area contributed by atoms with Crippen LogP contribution in [-0.4, -0.2) is 30.9 Å². The molecule has 1 amide bonds. The lowest BCUT2D eigenvalue weighted by molar-refractivity contribution is -0.129. The number of carbonyl (C=O) groups is 1. The highest BCUT2D eigenvalue weighted by molar-refractivity contribution is 6.31. The lowest BCUT2D eigenvalue weighted by Gasteiger charge is -2.20. The van der Waals surface area contributed by atoms with Gasteiger partial charge in [-0.3, -0.25) is 4.79 Å². The molecule has 0 heterocycles. The summed E-state index contributed by atoms with van der Waals surface area (Å²) >= 11 is 6.00. The fourth-order valence-corrected chi connectivity index (χ4v) is 1.62. The zero-order valence-corrected chi connectivity index (χ0v) is 10.8. The Hall–Kier alpha value is -1.22. The molecule has 0 fully saturated rings. The Kier molecular flexibility index (Phi) is 4.19. The topological polar surface area (TPSA) is 32.3 Å². The van der Waals surface area contributed by atoms with Gasteiger partial charge in [-0.1, -0.05) is 17.7 Å². The Morgan fingerprint density at radius 3 is 2.62 bits per heavy atom. The third-order valence-electron chi connectivity index (χ3n) is 2.45. The summed E-state index contributed by atoms with van der Waals surface area (Å²) < 4.78 is 0.